The Balaban J connectivity index is 2.71. The summed E-state index contributed by atoms with van der Waals surface area (Å²) in [7, 11) is 0. The molecule has 0 saturated heterocycles. The van der Waals surface area contributed by atoms with Gasteiger partial charge in [-0.25, -0.2) is 8.78 Å². The van der Waals surface area contributed by atoms with Crippen LogP contribution in [0.1, 0.15) is 72.1 Å². The second-order valence-corrected chi connectivity index (χ2v) is 7.41. The molecule has 142 valence electrons. The lowest BCUT2D eigenvalue weighted by Crippen LogP contribution is -2.35. The molecule has 2 nitrogen and oxygen atoms in total. The van der Waals surface area contributed by atoms with Crippen molar-refractivity contribution in [2.75, 3.05) is 0 Å². The Labute approximate surface area is 140 Å². The normalized spacial score (nSPS) is 18.7. The van der Waals surface area contributed by atoms with Crippen molar-refractivity contribution in [3.63, 3.8) is 0 Å². The molecule has 1 fully saturated rings. The Bertz CT molecular complexity index is 412. The zero-order chi connectivity index (χ0) is 18.6. The summed E-state index contributed by atoms with van der Waals surface area (Å²) in [6, 6.07) is 0. The van der Waals surface area contributed by atoms with Crippen LogP contribution in [0, 0.1) is 11.3 Å². The van der Waals surface area contributed by atoms with Crippen LogP contribution >= 0.6 is 0 Å². The predicted octanol–water partition coefficient (Wildman–Crippen LogP) is 5.89. The Morgan fingerprint density at radius 2 is 1.67 bits per heavy atom. The summed E-state index contributed by atoms with van der Waals surface area (Å²) >= 11 is 0. The van der Waals surface area contributed by atoms with E-state index >= 15 is 0 Å². The van der Waals surface area contributed by atoms with E-state index in [0.717, 1.165) is 25.7 Å². The topological polar surface area (TPSA) is 26.3 Å². The van der Waals surface area contributed by atoms with Gasteiger partial charge >= 0.3 is 12.1 Å². The lowest BCUT2D eigenvalue weighted by atomic mass is 9.89. The van der Waals surface area contributed by atoms with Crippen molar-refractivity contribution in [3.05, 3.63) is 0 Å². The summed E-state index contributed by atoms with van der Waals surface area (Å²) in [5.74, 6) is -4.34. The largest absolute Gasteiger partial charge is 0.462 e. The fraction of sp³-hybridized carbons (Fsp3) is 0.941. The third-order valence-corrected chi connectivity index (χ3v) is 4.87. The Morgan fingerprint density at radius 3 is 2.12 bits per heavy atom. The fourth-order valence-electron chi connectivity index (χ4n) is 2.90. The van der Waals surface area contributed by atoms with Crippen molar-refractivity contribution in [3.8, 4) is 0 Å². The number of halogens is 5. The highest BCUT2D eigenvalue weighted by atomic mass is 19.4. The summed E-state index contributed by atoms with van der Waals surface area (Å²) in [5, 5.41) is 0. The van der Waals surface area contributed by atoms with Crippen molar-refractivity contribution in [2.45, 2.75) is 90.3 Å². The molecular weight excluding hydrogens is 331 g/mol. The number of hydrogen-bond acceptors (Lipinski definition) is 2. The van der Waals surface area contributed by atoms with Gasteiger partial charge < -0.3 is 4.74 Å². The molecule has 7 heteroatoms. The molecule has 0 spiro atoms. The van der Waals surface area contributed by atoms with Gasteiger partial charge in [-0.05, 0) is 45.4 Å². The standard InChI is InChI=1S/C17H27F5O2/c1-4-15(2,3)14(23)24-13(12-7-5-6-8-12)9-10-16(18,19)11-17(20,21)22/h12-13H,4-11H2,1-3H3. The molecule has 1 aliphatic rings. The van der Waals surface area contributed by atoms with Crippen molar-refractivity contribution in [2.24, 2.45) is 11.3 Å². The SMILES string of the molecule is CCC(C)(C)C(=O)OC(CCC(F)(F)CC(F)(F)F)C1CCCC1. The van der Waals surface area contributed by atoms with Crippen LogP contribution < -0.4 is 0 Å². The van der Waals surface area contributed by atoms with Crippen LogP contribution in [0.25, 0.3) is 0 Å². The second kappa shape index (κ2) is 8.00. The van der Waals surface area contributed by atoms with Gasteiger partial charge in [0.2, 0.25) is 0 Å². The summed E-state index contributed by atoms with van der Waals surface area (Å²) in [6.45, 7) is 5.24. The number of carbonyl (C=O) groups excluding carboxylic acids is 1. The minimum atomic E-state index is -4.91. The first kappa shape index (κ1) is 21.2. The van der Waals surface area contributed by atoms with Crippen molar-refractivity contribution in [1.29, 1.82) is 0 Å². The number of alkyl halides is 5. The van der Waals surface area contributed by atoms with Gasteiger partial charge in [-0.1, -0.05) is 19.8 Å². The van der Waals surface area contributed by atoms with Crippen LogP contribution in [-0.4, -0.2) is 24.2 Å². The Morgan fingerprint density at radius 1 is 1.12 bits per heavy atom. The van der Waals surface area contributed by atoms with Crippen LogP contribution in [0.15, 0.2) is 0 Å². The number of rotatable bonds is 8. The van der Waals surface area contributed by atoms with Crippen LogP contribution in [-0.2, 0) is 9.53 Å². The molecule has 0 heterocycles. The van der Waals surface area contributed by atoms with Gasteiger partial charge in [0.1, 0.15) is 12.5 Å². The molecule has 0 amide bonds. The smallest absolute Gasteiger partial charge is 0.394 e. The van der Waals surface area contributed by atoms with E-state index in [0.29, 0.717) is 6.42 Å². The van der Waals surface area contributed by atoms with E-state index < -0.39 is 42.4 Å². The zero-order valence-corrected chi connectivity index (χ0v) is 14.5. The van der Waals surface area contributed by atoms with E-state index in [2.05, 4.69) is 0 Å². The summed E-state index contributed by atoms with van der Waals surface area (Å²) in [4.78, 5) is 12.2. The molecule has 0 bridgehead atoms. The molecule has 0 aliphatic heterocycles. The molecule has 0 aromatic carbocycles. The van der Waals surface area contributed by atoms with E-state index in [-0.39, 0.29) is 12.3 Å². The van der Waals surface area contributed by atoms with Crippen LogP contribution in [0.2, 0.25) is 0 Å². The van der Waals surface area contributed by atoms with Crippen LogP contribution in [0.3, 0.4) is 0 Å². The van der Waals surface area contributed by atoms with E-state index in [1.54, 1.807) is 13.8 Å². The Hall–Kier alpha value is -0.880. The van der Waals surface area contributed by atoms with Crippen molar-refractivity contribution in [1.82, 2.24) is 0 Å². The van der Waals surface area contributed by atoms with Gasteiger partial charge in [-0.3, -0.25) is 4.79 Å². The lowest BCUT2D eigenvalue weighted by Gasteiger charge is -2.30. The average Bonchev–Trinajstić information content (AvgIpc) is 2.94. The molecule has 0 radical (unpaired) electrons. The molecule has 0 aromatic rings. The van der Waals surface area contributed by atoms with E-state index in [4.69, 9.17) is 4.74 Å². The summed E-state index contributed by atoms with van der Waals surface area (Å²) in [5.41, 5.74) is -0.731. The molecular formula is C17H27F5O2. The average molecular weight is 358 g/mol. The van der Waals surface area contributed by atoms with Gasteiger partial charge in [-0.2, -0.15) is 13.2 Å². The fourth-order valence-corrected chi connectivity index (χ4v) is 2.90. The first-order chi connectivity index (χ1) is 10.9. The maximum absolute atomic E-state index is 13.5. The molecule has 1 atom stereocenters. The van der Waals surface area contributed by atoms with E-state index in [1.165, 1.54) is 0 Å². The van der Waals surface area contributed by atoms with Gasteiger partial charge in [0.05, 0.1) is 5.41 Å². The molecule has 1 rings (SSSR count). The quantitative estimate of drug-likeness (QED) is 0.399. The highest BCUT2D eigenvalue weighted by Gasteiger charge is 2.44. The number of esters is 1. The van der Waals surface area contributed by atoms with Gasteiger partial charge in [-0.15, -0.1) is 0 Å². The second-order valence-electron chi connectivity index (χ2n) is 7.41. The van der Waals surface area contributed by atoms with Crippen molar-refractivity contribution < 1.29 is 31.5 Å². The summed E-state index contributed by atoms with van der Waals surface area (Å²) in [6.07, 6.45) is -5.03. The molecule has 1 aliphatic carbocycles. The number of carbonyl (C=O) groups is 1. The van der Waals surface area contributed by atoms with Gasteiger partial charge in [0, 0.05) is 6.42 Å². The predicted molar refractivity (Wildman–Crippen MR) is 80.8 cm³/mol. The van der Waals surface area contributed by atoms with E-state index in [9.17, 15) is 26.7 Å². The van der Waals surface area contributed by atoms with Crippen LogP contribution in [0.5, 0.6) is 0 Å². The van der Waals surface area contributed by atoms with E-state index in [1.807, 2.05) is 6.92 Å². The van der Waals surface area contributed by atoms with Crippen molar-refractivity contribution >= 4 is 5.97 Å². The maximum Gasteiger partial charge on any atom is 0.394 e. The first-order valence-electron chi connectivity index (χ1n) is 8.52. The van der Waals surface area contributed by atoms with Gasteiger partial charge in [0.25, 0.3) is 5.92 Å². The third kappa shape index (κ3) is 6.93. The maximum atomic E-state index is 13.5. The Kier molecular flexibility index (Phi) is 7.05. The zero-order valence-electron chi connectivity index (χ0n) is 14.5. The number of hydrogen-bond donors (Lipinski definition) is 0. The summed E-state index contributed by atoms with van der Waals surface area (Å²) < 4.78 is 69.2. The molecule has 1 unspecified atom stereocenters. The number of ether oxygens (including phenoxy) is 1. The minimum absolute atomic E-state index is 0.0386. The molecule has 24 heavy (non-hydrogen) atoms. The highest BCUT2D eigenvalue weighted by molar-refractivity contribution is 5.76. The van der Waals surface area contributed by atoms with Gasteiger partial charge in [0.15, 0.2) is 0 Å². The first-order valence-corrected chi connectivity index (χ1v) is 8.52. The molecule has 1 saturated carbocycles. The third-order valence-electron chi connectivity index (χ3n) is 4.87. The highest BCUT2D eigenvalue weighted by Crippen LogP contribution is 2.38. The lowest BCUT2D eigenvalue weighted by molar-refractivity contribution is -0.192. The molecule has 0 N–H and O–H groups in total. The van der Waals surface area contributed by atoms with Crippen LogP contribution in [0.4, 0.5) is 22.0 Å². The minimum Gasteiger partial charge on any atom is -0.462 e. The molecule has 0 aromatic heterocycles. The monoisotopic (exact) mass is 358 g/mol.